The predicted molar refractivity (Wildman–Crippen MR) is 77.3 cm³/mol. The average molecular weight is 297 g/mol. The van der Waals surface area contributed by atoms with Gasteiger partial charge in [0.15, 0.2) is 0 Å². The van der Waals surface area contributed by atoms with Crippen LogP contribution in [0.5, 0.6) is 0 Å². The number of carbonyl (C=O) groups is 1. The third-order valence-electron chi connectivity index (χ3n) is 3.71. The Morgan fingerprint density at radius 3 is 2.48 bits per heavy atom. The molecule has 1 aromatic rings. The number of amides is 1. The molecule has 0 saturated carbocycles. The van der Waals surface area contributed by atoms with E-state index in [1.54, 1.807) is 21.9 Å². The molecule has 6 heteroatoms. The summed E-state index contributed by atoms with van der Waals surface area (Å²) in [6.45, 7) is 2.44. The van der Waals surface area contributed by atoms with Crippen LogP contribution in [0, 0.1) is 0 Å². The number of nitrogens with zero attached hydrogens (tertiary/aromatic N) is 2. The van der Waals surface area contributed by atoms with E-state index >= 15 is 0 Å². The summed E-state index contributed by atoms with van der Waals surface area (Å²) in [6.07, 6.45) is -1.60. The van der Waals surface area contributed by atoms with Crippen molar-refractivity contribution >= 4 is 5.91 Å². The van der Waals surface area contributed by atoms with Gasteiger partial charge in [0, 0.05) is 38.3 Å². The van der Waals surface area contributed by atoms with Crippen LogP contribution in [0.4, 0.5) is 8.78 Å². The minimum atomic E-state index is -2.32. The van der Waals surface area contributed by atoms with Crippen LogP contribution in [0.25, 0.3) is 0 Å². The van der Waals surface area contributed by atoms with E-state index in [4.69, 9.17) is 5.73 Å². The van der Waals surface area contributed by atoms with Gasteiger partial charge >= 0.3 is 0 Å². The van der Waals surface area contributed by atoms with Gasteiger partial charge in [-0.05, 0) is 24.1 Å². The molecule has 0 atom stereocenters. The Morgan fingerprint density at radius 2 is 1.86 bits per heavy atom. The van der Waals surface area contributed by atoms with Gasteiger partial charge in [0.1, 0.15) is 0 Å². The third-order valence-corrected chi connectivity index (χ3v) is 3.71. The van der Waals surface area contributed by atoms with E-state index in [1.165, 1.54) is 0 Å². The molecule has 2 N–H and O–H groups in total. The highest BCUT2D eigenvalue weighted by Gasteiger charge is 2.21. The Labute approximate surface area is 123 Å². The second kappa shape index (κ2) is 7.47. The van der Waals surface area contributed by atoms with Gasteiger partial charge in [0.2, 0.25) is 0 Å². The largest absolute Gasteiger partial charge is 0.337 e. The van der Waals surface area contributed by atoms with Gasteiger partial charge < -0.3 is 10.6 Å². The van der Waals surface area contributed by atoms with Crippen molar-refractivity contribution in [2.45, 2.75) is 19.4 Å². The molecule has 0 spiro atoms. The zero-order valence-electron chi connectivity index (χ0n) is 12.0. The molecular formula is C15H21F2N3O. The van der Waals surface area contributed by atoms with E-state index < -0.39 is 6.43 Å². The summed E-state index contributed by atoms with van der Waals surface area (Å²) in [4.78, 5) is 15.9. The molecule has 0 bridgehead atoms. The molecule has 1 heterocycles. The van der Waals surface area contributed by atoms with Crippen LogP contribution in [0.15, 0.2) is 24.3 Å². The molecule has 0 aliphatic carbocycles. The van der Waals surface area contributed by atoms with E-state index in [1.807, 2.05) is 12.1 Å². The second-order valence-corrected chi connectivity index (χ2v) is 5.24. The summed E-state index contributed by atoms with van der Waals surface area (Å²) >= 11 is 0. The maximum Gasteiger partial charge on any atom is 0.253 e. The minimum absolute atomic E-state index is 0.0440. The number of hydrogen-bond donors (Lipinski definition) is 1. The van der Waals surface area contributed by atoms with Crippen LogP contribution in [0.2, 0.25) is 0 Å². The van der Waals surface area contributed by atoms with Crippen LogP contribution in [-0.2, 0) is 6.54 Å². The van der Waals surface area contributed by atoms with Crippen LogP contribution in [0.3, 0.4) is 0 Å². The van der Waals surface area contributed by atoms with Gasteiger partial charge in [-0.1, -0.05) is 12.1 Å². The van der Waals surface area contributed by atoms with Gasteiger partial charge in [-0.25, -0.2) is 8.78 Å². The van der Waals surface area contributed by atoms with E-state index in [-0.39, 0.29) is 12.5 Å². The Kier molecular flexibility index (Phi) is 5.64. The smallest absolute Gasteiger partial charge is 0.253 e. The van der Waals surface area contributed by atoms with Crippen LogP contribution < -0.4 is 5.73 Å². The van der Waals surface area contributed by atoms with Crippen molar-refractivity contribution in [2.24, 2.45) is 5.73 Å². The lowest BCUT2D eigenvalue weighted by Gasteiger charge is -2.22. The zero-order chi connectivity index (χ0) is 15.2. The molecule has 0 unspecified atom stereocenters. The SMILES string of the molecule is NCc1ccc(C(=O)N2CCCN(CC(F)F)CC2)cc1. The van der Waals surface area contributed by atoms with E-state index in [0.29, 0.717) is 38.3 Å². The molecule has 1 aliphatic heterocycles. The standard InChI is InChI=1S/C15H21F2N3O/c16-14(17)11-19-6-1-7-20(9-8-19)15(21)13-4-2-12(10-18)3-5-13/h2-5,14H,1,6-11,18H2. The molecule has 4 nitrogen and oxygen atoms in total. The van der Waals surface area contributed by atoms with E-state index in [9.17, 15) is 13.6 Å². The van der Waals surface area contributed by atoms with E-state index in [2.05, 4.69) is 0 Å². The third kappa shape index (κ3) is 4.47. The lowest BCUT2D eigenvalue weighted by molar-refractivity contribution is 0.0742. The van der Waals surface area contributed by atoms with Crippen LogP contribution in [-0.4, -0.2) is 54.9 Å². The molecule has 1 aromatic carbocycles. The predicted octanol–water partition coefficient (Wildman–Crippen LogP) is 1.56. The minimum Gasteiger partial charge on any atom is -0.337 e. The second-order valence-electron chi connectivity index (χ2n) is 5.24. The first-order valence-electron chi connectivity index (χ1n) is 7.19. The summed E-state index contributed by atoms with van der Waals surface area (Å²) in [5.41, 5.74) is 7.13. The highest BCUT2D eigenvalue weighted by atomic mass is 19.3. The zero-order valence-corrected chi connectivity index (χ0v) is 12.0. The Hall–Kier alpha value is -1.53. The summed E-state index contributed by atoms with van der Waals surface area (Å²) < 4.78 is 24.8. The number of halogens is 2. The summed E-state index contributed by atoms with van der Waals surface area (Å²) in [7, 11) is 0. The number of hydrogen-bond acceptors (Lipinski definition) is 3. The Bertz CT molecular complexity index is 464. The van der Waals surface area contributed by atoms with Crippen molar-refractivity contribution < 1.29 is 13.6 Å². The first-order valence-corrected chi connectivity index (χ1v) is 7.19. The van der Waals surface area contributed by atoms with Crippen molar-refractivity contribution in [1.29, 1.82) is 0 Å². The first-order chi connectivity index (χ1) is 10.1. The normalized spacial score (nSPS) is 17.0. The number of rotatable bonds is 4. The van der Waals surface area contributed by atoms with Gasteiger partial charge in [0.05, 0.1) is 6.54 Å². The molecule has 116 valence electrons. The van der Waals surface area contributed by atoms with Crippen molar-refractivity contribution in [3.05, 3.63) is 35.4 Å². The van der Waals surface area contributed by atoms with Crippen molar-refractivity contribution in [1.82, 2.24) is 9.80 Å². The van der Waals surface area contributed by atoms with Gasteiger partial charge in [0.25, 0.3) is 12.3 Å². The van der Waals surface area contributed by atoms with Gasteiger partial charge in [-0.15, -0.1) is 0 Å². The summed E-state index contributed by atoms with van der Waals surface area (Å²) in [6, 6.07) is 7.22. The maximum atomic E-state index is 12.4. The molecule has 0 radical (unpaired) electrons. The highest BCUT2D eigenvalue weighted by Crippen LogP contribution is 2.11. The maximum absolute atomic E-state index is 12.4. The lowest BCUT2D eigenvalue weighted by Crippen LogP contribution is -2.36. The van der Waals surface area contributed by atoms with Gasteiger partial charge in [-0.3, -0.25) is 9.69 Å². The summed E-state index contributed by atoms with van der Waals surface area (Å²) in [5.74, 6) is -0.0440. The Balaban J connectivity index is 1.96. The first kappa shape index (κ1) is 15.9. The fourth-order valence-corrected chi connectivity index (χ4v) is 2.52. The lowest BCUT2D eigenvalue weighted by atomic mass is 10.1. The van der Waals surface area contributed by atoms with Crippen molar-refractivity contribution in [2.75, 3.05) is 32.7 Å². The highest BCUT2D eigenvalue weighted by molar-refractivity contribution is 5.94. The average Bonchev–Trinajstić information content (AvgIpc) is 2.71. The number of carbonyl (C=O) groups excluding carboxylic acids is 1. The quantitative estimate of drug-likeness (QED) is 0.917. The Morgan fingerprint density at radius 1 is 1.14 bits per heavy atom. The van der Waals surface area contributed by atoms with Gasteiger partial charge in [-0.2, -0.15) is 0 Å². The van der Waals surface area contributed by atoms with Crippen molar-refractivity contribution in [3.8, 4) is 0 Å². The number of benzene rings is 1. The number of nitrogens with two attached hydrogens (primary N) is 1. The fourth-order valence-electron chi connectivity index (χ4n) is 2.52. The molecule has 1 amide bonds. The van der Waals surface area contributed by atoms with Crippen LogP contribution in [0.1, 0.15) is 22.3 Å². The van der Waals surface area contributed by atoms with Crippen LogP contribution >= 0.6 is 0 Å². The molecule has 1 fully saturated rings. The van der Waals surface area contributed by atoms with E-state index in [0.717, 1.165) is 12.0 Å². The topological polar surface area (TPSA) is 49.6 Å². The number of alkyl halides is 2. The molecule has 1 saturated heterocycles. The molecule has 0 aromatic heterocycles. The molecule has 1 aliphatic rings. The molecule has 21 heavy (non-hydrogen) atoms. The fraction of sp³-hybridized carbons (Fsp3) is 0.533. The molecule has 2 rings (SSSR count). The monoisotopic (exact) mass is 297 g/mol. The molecular weight excluding hydrogens is 276 g/mol. The van der Waals surface area contributed by atoms with Crippen molar-refractivity contribution in [3.63, 3.8) is 0 Å². The summed E-state index contributed by atoms with van der Waals surface area (Å²) in [5, 5.41) is 0.